The molecule has 0 spiro atoms. The predicted octanol–water partition coefficient (Wildman–Crippen LogP) is 0.189. The minimum absolute atomic E-state index is 0.301. The standard InChI is InChI=1S/C10H18N2O3/c1-9(2,11)7(13)12-6-4-5-10(12,3)8(14)15/h4-6,11H2,1-3H3,(H,14,15). The monoisotopic (exact) mass is 214 g/mol. The van der Waals surface area contributed by atoms with Crippen LogP contribution in [0.2, 0.25) is 0 Å². The van der Waals surface area contributed by atoms with Crippen LogP contribution in [0.5, 0.6) is 0 Å². The van der Waals surface area contributed by atoms with E-state index in [2.05, 4.69) is 0 Å². The van der Waals surface area contributed by atoms with Crippen molar-refractivity contribution in [3.05, 3.63) is 0 Å². The third kappa shape index (κ3) is 1.97. The minimum atomic E-state index is -1.09. The van der Waals surface area contributed by atoms with Gasteiger partial charge in [0.15, 0.2) is 0 Å². The number of hydrogen-bond donors (Lipinski definition) is 2. The second kappa shape index (κ2) is 3.48. The van der Waals surface area contributed by atoms with E-state index >= 15 is 0 Å². The summed E-state index contributed by atoms with van der Waals surface area (Å²) in [7, 11) is 0. The molecule has 1 heterocycles. The van der Waals surface area contributed by atoms with Crippen molar-refractivity contribution in [2.24, 2.45) is 5.73 Å². The second-order valence-corrected chi connectivity index (χ2v) is 4.86. The number of hydrogen-bond acceptors (Lipinski definition) is 3. The van der Waals surface area contributed by atoms with E-state index in [0.29, 0.717) is 19.4 Å². The third-order valence-electron chi connectivity index (χ3n) is 2.90. The molecule has 1 fully saturated rings. The van der Waals surface area contributed by atoms with Crippen molar-refractivity contribution in [1.82, 2.24) is 4.90 Å². The van der Waals surface area contributed by atoms with Gasteiger partial charge in [-0.05, 0) is 33.6 Å². The maximum Gasteiger partial charge on any atom is 0.329 e. The first-order chi connectivity index (χ1) is 6.69. The number of rotatable bonds is 2. The summed E-state index contributed by atoms with van der Waals surface area (Å²) in [6.07, 6.45) is 1.20. The number of carboxylic acid groups (broad SMARTS) is 1. The number of carboxylic acids is 1. The first-order valence-electron chi connectivity index (χ1n) is 5.04. The molecule has 1 unspecified atom stereocenters. The summed E-state index contributed by atoms with van der Waals surface area (Å²) in [4.78, 5) is 24.4. The summed E-state index contributed by atoms with van der Waals surface area (Å²) >= 11 is 0. The van der Waals surface area contributed by atoms with Crippen molar-refractivity contribution < 1.29 is 14.7 Å². The number of carbonyl (C=O) groups is 2. The van der Waals surface area contributed by atoms with Gasteiger partial charge in [-0.1, -0.05) is 0 Å². The van der Waals surface area contributed by atoms with Crippen LogP contribution in [0.1, 0.15) is 33.6 Å². The first-order valence-corrected chi connectivity index (χ1v) is 5.04. The van der Waals surface area contributed by atoms with Crippen LogP contribution >= 0.6 is 0 Å². The third-order valence-corrected chi connectivity index (χ3v) is 2.90. The first kappa shape index (κ1) is 12.0. The normalized spacial score (nSPS) is 26.8. The molecular weight excluding hydrogens is 196 g/mol. The molecule has 1 saturated heterocycles. The predicted molar refractivity (Wildman–Crippen MR) is 55.3 cm³/mol. The van der Waals surface area contributed by atoms with Gasteiger partial charge in [0.05, 0.1) is 5.54 Å². The van der Waals surface area contributed by atoms with Crippen molar-refractivity contribution in [1.29, 1.82) is 0 Å². The summed E-state index contributed by atoms with van der Waals surface area (Å²) in [5.41, 5.74) is 3.59. The van der Waals surface area contributed by atoms with Crippen molar-refractivity contribution in [2.45, 2.75) is 44.7 Å². The van der Waals surface area contributed by atoms with Gasteiger partial charge in [0.1, 0.15) is 5.54 Å². The number of aliphatic carboxylic acids is 1. The van der Waals surface area contributed by atoms with E-state index in [9.17, 15) is 9.59 Å². The Morgan fingerprint density at radius 2 is 2.00 bits per heavy atom. The van der Waals surface area contributed by atoms with E-state index in [1.165, 1.54) is 4.90 Å². The van der Waals surface area contributed by atoms with Crippen LogP contribution in [-0.2, 0) is 9.59 Å². The average Bonchev–Trinajstić information content (AvgIpc) is 2.45. The lowest BCUT2D eigenvalue weighted by molar-refractivity contribution is -0.157. The highest BCUT2D eigenvalue weighted by Crippen LogP contribution is 2.30. The molecule has 5 heteroatoms. The fourth-order valence-corrected chi connectivity index (χ4v) is 1.86. The van der Waals surface area contributed by atoms with E-state index in [1.54, 1.807) is 20.8 Å². The fraction of sp³-hybridized carbons (Fsp3) is 0.800. The number of amides is 1. The second-order valence-electron chi connectivity index (χ2n) is 4.86. The topological polar surface area (TPSA) is 83.6 Å². The molecule has 15 heavy (non-hydrogen) atoms. The smallest absolute Gasteiger partial charge is 0.329 e. The Morgan fingerprint density at radius 1 is 1.47 bits per heavy atom. The number of nitrogens with two attached hydrogens (primary N) is 1. The van der Waals surface area contributed by atoms with Gasteiger partial charge in [-0.3, -0.25) is 4.79 Å². The van der Waals surface area contributed by atoms with Crippen LogP contribution in [0, 0.1) is 0 Å². The molecule has 1 aliphatic heterocycles. The Labute approximate surface area is 89.2 Å². The van der Waals surface area contributed by atoms with E-state index in [0.717, 1.165) is 0 Å². The van der Waals surface area contributed by atoms with Gasteiger partial charge >= 0.3 is 5.97 Å². The summed E-state index contributed by atoms with van der Waals surface area (Å²) in [6.45, 7) is 5.24. The van der Waals surface area contributed by atoms with Crippen LogP contribution < -0.4 is 5.73 Å². The Kier molecular flexibility index (Phi) is 2.78. The molecular formula is C10H18N2O3. The van der Waals surface area contributed by atoms with Gasteiger partial charge in [0.25, 0.3) is 0 Å². The minimum Gasteiger partial charge on any atom is -0.480 e. The molecule has 1 rings (SSSR count). The van der Waals surface area contributed by atoms with Gasteiger partial charge in [0, 0.05) is 6.54 Å². The van der Waals surface area contributed by atoms with Crippen LogP contribution in [-0.4, -0.2) is 39.5 Å². The van der Waals surface area contributed by atoms with Gasteiger partial charge in [-0.15, -0.1) is 0 Å². The molecule has 3 N–H and O–H groups in total. The van der Waals surface area contributed by atoms with Crippen LogP contribution in [0.25, 0.3) is 0 Å². The molecule has 1 atom stereocenters. The highest BCUT2D eigenvalue weighted by atomic mass is 16.4. The van der Waals surface area contributed by atoms with E-state index in [1.807, 2.05) is 0 Å². The maximum absolute atomic E-state index is 11.9. The van der Waals surface area contributed by atoms with Crippen LogP contribution in [0.15, 0.2) is 0 Å². The molecule has 5 nitrogen and oxygen atoms in total. The average molecular weight is 214 g/mol. The van der Waals surface area contributed by atoms with E-state index in [-0.39, 0.29) is 5.91 Å². The van der Waals surface area contributed by atoms with E-state index in [4.69, 9.17) is 10.8 Å². The van der Waals surface area contributed by atoms with Crippen LogP contribution in [0.4, 0.5) is 0 Å². The van der Waals surface area contributed by atoms with Crippen molar-refractivity contribution in [3.8, 4) is 0 Å². The summed E-state index contributed by atoms with van der Waals surface area (Å²) in [5, 5.41) is 9.12. The molecule has 0 aromatic carbocycles. The Bertz CT molecular complexity index is 296. The fourth-order valence-electron chi connectivity index (χ4n) is 1.86. The molecule has 86 valence electrons. The SMILES string of the molecule is CC(C)(N)C(=O)N1CCCC1(C)C(=O)O. The van der Waals surface area contributed by atoms with Crippen LogP contribution in [0.3, 0.4) is 0 Å². The number of nitrogens with zero attached hydrogens (tertiary/aromatic N) is 1. The summed E-state index contributed by atoms with van der Waals surface area (Å²) in [6, 6.07) is 0. The Balaban J connectivity index is 2.96. The largest absolute Gasteiger partial charge is 0.480 e. The molecule has 0 aromatic rings. The number of carbonyl (C=O) groups excluding carboxylic acids is 1. The quantitative estimate of drug-likeness (QED) is 0.687. The van der Waals surface area contributed by atoms with Crippen molar-refractivity contribution in [3.63, 3.8) is 0 Å². The highest BCUT2D eigenvalue weighted by Gasteiger charge is 2.48. The lowest BCUT2D eigenvalue weighted by Gasteiger charge is -2.35. The van der Waals surface area contributed by atoms with Gasteiger partial charge in [-0.25, -0.2) is 4.79 Å². The van der Waals surface area contributed by atoms with Gasteiger partial charge < -0.3 is 15.7 Å². The van der Waals surface area contributed by atoms with Gasteiger partial charge in [-0.2, -0.15) is 0 Å². The molecule has 0 aromatic heterocycles. The van der Waals surface area contributed by atoms with Crippen molar-refractivity contribution in [2.75, 3.05) is 6.54 Å². The molecule has 0 saturated carbocycles. The van der Waals surface area contributed by atoms with Crippen molar-refractivity contribution >= 4 is 11.9 Å². The Hall–Kier alpha value is -1.10. The molecule has 0 radical (unpaired) electrons. The lowest BCUT2D eigenvalue weighted by Crippen LogP contribution is -2.59. The molecule has 1 aliphatic rings. The summed E-state index contributed by atoms with van der Waals surface area (Å²) < 4.78 is 0. The zero-order valence-electron chi connectivity index (χ0n) is 9.41. The number of likely N-dealkylation sites (tertiary alicyclic amines) is 1. The summed E-state index contributed by atoms with van der Waals surface area (Å²) in [5.74, 6) is -1.26. The maximum atomic E-state index is 11.9. The molecule has 0 bridgehead atoms. The molecule has 0 aliphatic carbocycles. The van der Waals surface area contributed by atoms with E-state index < -0.39 is 17.0 Å². The zero-order chi connectivity index (χ0) is 11.9. The lowest BCUT2D eigenvalue weighted by atomic mass is 9.96. The highest BCUT2D eigenvalue weighted by molar-refractivity contribution is 5.91. The zero-order valence-corrected chi connectivity index (χ0v) is 9.41. The van der Waals surface area contributed by atoms with Gasteiger partial charge in [0.2, 0.25) is 5.91 Å². The molecule has 1 amide bonds. The Morgan fingerprint density at radius 3 is 2.40 bits per heavy atom.